The first-order chi connectivity index (χ1) is 6.75. The zero-order valence-corrected chi connectivity index (χ0v) is 12.2. The maximum atomic E-state index is 11.3. The van der Waals surface area contributed by atoms with Crippen molar-refractivity contribution in [3.63, 3.8) is 0 Å². The lowest BCUT2D eigenvalue weighted by molar-refractivity contribution is 0.139. The van der Waals surface area contributed by atoms with Gasteiger partial charge in [-0.2, -0.15) is 0 Å². The minimum atomic E-state index is -2.08. The summed E-state index contributed by atoms with van der Waals surface area (Å²) in [6.45, 7) is 4.32. The lowest BCUT2D eigenvalue weighted by Crippen LogP contribution is -2.47. The smallest absolute Gasteiger partial charge is 0.332 e. The van der Waals surface area contributed by atoms with Crippen LogP contribution in [0.15, 0.2) is 0 Å². The highest BCUT2D eigenvalue weighted by Crippen LogP contribution is 2.30. The minimum absolute atomic E-state index is 0.406. The fourth-order valence-corrected chi connectivity index (χ4v) is 6.03. The van der Waals surface area contributed by atoms with Gasteiger partial charge in [0.2, 0.25) is 0 Å². The van der Waals surface area contributed by atoms with Crippen molar-refractivity contribution in [2.45, 2.75) is 18.7 Å². The van der Waals surface area contributed by atoms with Crippen molar-refractivity contribution in [2.24, 2.45) is 0 Å². The van der Waals surface area contributed by atoms with E-state index in [-0.39, 0.29) is 0 Å². The number of hydrogen-bond donors (Lipinski definition) is 0. The van der Waals surface area contributed by atoms with E-state index in [9.17, 15) is 9.11 Å². The summed E-state index contributed by atoms with van der Waals surface area (Å²) >= 11 is -1.92. The number of rotatable bonds is 4. The van der Waals surface area contributed by atoms with Crippen LogP contribution in [0, 0.1) is 0 Å². The van der Waals surface area contributed by atoms with E-state index >= 15 is 0 Å². The molecular weight excluding hydrogens is 252 g/mol. The van der Waals surface area contributed by atoms with Gasteiger partial charge in [0.1, 0.15) is 11.5 Å². The SMILES string of the molecule is C[S+]([O-])CC1(C[S+](C)[O-])CO[Si](C)(C)O1. The van der Waals surface area contributed by atoms with Crippen LogP contribution in [0.4, 0.5) is 0 Å². The number of hydrogen-bond acceptors (Lipinski definition) is 4. The van der Waals surface area contributed by atoms with Gasteiger partial charge in [-0.15, -0.1) is 0 Å². The molecule has 1 heterocycles. The summed E-state index contributed by atoms with van der Waals surface area (Å²) in [6, 6.07) is 0. The first-order valence-corrected chi connectivity index (χ1v) is 11.0. The highest BCUT2D eigenvalue weighted by Gasteiger charge is 2.51. The van der Waals surface area contributed by atoms with Crippen LogP contribution < -0.4 is 0 Å². The molecule has 1 fully saturated rings. The van der Waals surface area contributed by atoms with Crippen LogP contribution in [0.25, 0.3) is 0 Å². The maximum absolute atomic E-state index is 11.3. The third-order valence-corrected chi connectivity index (χ3v) is 5.71. The molecule has 7 heteroatoms. The first kappa shape index (κ1) is 13.8. The summed E-state index contributed by atoms with van der Waals surface area (Å²) in [5.74, 6) is 0.812. The Morgan fingerprint density at radius 1 is 1.20 bits per heavy atom. The summed E-state index contributed by atoms with van der Waals surface area (Å²) in [5, 5.41) is 0. The standard InChI is InChI=1S/C8H18O4S2Si/c1-13(9)6-8(7-14(2)10)5-11-15(3,4)12-8/h5-7H2,1-4H3. The monoisotopic (exact) mass is 270 g/mol. The molecule has 1 saturated heterocycles. The van der Waals surface area contributed by atoms with E-state index in [0.717, 1.165) is 0 Å². The van der Waals surface area contributed by atoms with Gasteiger partial charge in [-0.3, -0.25) is 0 Å². The fourth-order valence-electron chi connectivity index (χ4n) is 1.81. The van der Waals surface area contributed by atoms with Gasteiger partial charge >= 0.3 is 8.56 Å². The second kappa shape index (κ2) is 4.95. The van der Waals surface area contributed by atoms with Crippen molar-refractivity contribution in [1.82, 2.24) is 0 Å². The zero-order valence-electron chi connectivity index (χ0n) is 9.57. The molecule has 0 N–H and O–H groups in total. The van der Waals surface area contributed by atoms with Crippen molar-refractivity contribution in [2.75, 3.05) is 30.6 Å². The Morgan fingerprint density at radius 3 is 1.93 bits per heavy atom. The summed E-state index contributed by atoms with van der Waals surface area (Å²) in [5.41, 5.74) is -0.588. The highest BCUT2D eigenvalue weighted by atomic mass is 32.2. The first-order valence-electron chi connectivity index (χ1n) is 4.69. The molecule has 0 saturated carbocycles. The van der Waals surface area contributed by atoms with E-state index in [1.54, 1.807) is 12.5 Å². The van der Waals surface area contributed by atoms with Gasteiger partial charge in [-0.05, 0) is 13.1 Å². The van der Waals surface area contributed by atoms with Gasteiger partial charge in [0.25, 0.3) is 0 Å². The normalized spacial score (nSPS) is 34.0. The predicted octanol–water partition coefficient (Wildman–Crippen LogP) is 0.231. The van der Waals surface area contributed by atoms with E-state index in [4.69, 9.17) is 8.85 Å². The van der Waals surface area contributed by atoms with Gasteiger partial charge in [-0.1, -0.05) is 22.4 Å². The molecule has 0 radical (unpaired) electrons. The Kier molecular flexibility index (Phi) is 4.56. The van der Waals surface area contributed by atoms with E-state index in [0.29, 0.717) is 18.1 Å². The third kappa shape index (κ3) is 4.26. The van der Waals surface area contributed by atoms with Crippen LogP contribution in [-0.4, -0.2) is 53.9 Å². The lowest BCUT2D eigenvalue weighted by Gasteiger charge is -2.28. The molecule has 2 unspecified atom stereocenters. The molecule has 15 heavy (non-hydrogen) atoms. The average molecular weight is 270 g/mol. The summed E-state index contributed by atoms with van der Waals surface area (Å²) in [4.78, 5) is 0. The summed E-state index contributed by atoms with van der Waals surface area (Å²) in [7, 11) is -2.08. The quantitative estimate of drug-likeness (QED) is 0.542. The topological polar surface area (TPSA) is 64.6 Å². The molecule has 4 nitrogen and oxygen atoms in total. The minimum Gasteiger partial charge on any atom is -0.616 e. The molecule has 0 bridgehead atoms. The Morgan fingerprint density at radius 2 is 1.67 bits per heavy atom. The molecule has 2 atom stereocenters. The van der Waals surface area contributed by atoms with Gasteiger partial charge in [-0.25, -0.2) is 0 Å². The molecular formula is C8H18O4S2Si. The van der Waals surface area contributed by atoms with Gasteiger partial charge in [0.05, 0.1) is 19.1 Å². The van der Waals surface area contributed by atoms with Crippen LogP contribution >= 0.6 is 0 Å². The van der Waals surface area contributed by atoms with E-state index < -0.39 is 36.5 Å². The van der Waals surface area contributed by atoms with Crippen LogP contribution in [-0.2, 0) is 31.2 Å². The molecule has 1 aliphatic heterocycles. The van der Waals surface area contributed by atoms with Gasteiger partial charge < -0.3 is 18.0 Å². The molecule has 1 rings (SSSR count). The summed E-state index contributed by atoms with van der Waals surface area (Å²) in [6.07, 6.45) is 3.27. The lowest BCUT2D eigenvalue weighted by atomic mass is 10.1. The molecule has 0 spiro atoms. The Labute approximate surface area is 98.3 Å². The molecule has 0 aromatic carbocycles. The molecule has 0 aromatic heterocycles. The second-order valence-electron chi connectivity index (χ2n) is 4.41. The highest BCUT2D eigenvalue weighted by molar-refractivity contribution is 7.91. The molecule has 0 aliphatic carbocycles. The van der Waals surface area contributed by atoms with Crippen LogP contribution in [0.5, 0.6) is 0 Å². The van der Waals surface area contributed by atoms with Crippen molar-refractivity contribution in [3.05, 3.63) is 0 Å². The van der Waals surface area contributed by atoms with Crippen LogP contribution in [0.1, 0.15) is 0 Å². The van der Waals surface area contributed by atoms with E-state index in [1.165, 1.54) is 0 Å². The third-order valence-electron chi connectivity index (χ3n) is 2.08. The van der Waals surface area contributed by atoms with Crippen LogP contribution in [0.2, 0.25) is 13.1 Å². The Balaban J connectivity index is 2.70. The Hall–Kier alpha value is 0.757. The van der Waals surface area contributed by atoms with E-state index in [1.807, 2.05) is 13.1 Å². The van der Waals surface area contributed by atoms with Crippen molar-refractivity contribution in [3.8, 4) is 0 Å². The molecule has 1 aliphatic rings. The molecule has 0 aromatic rings. The largest absolute Gasteiger partial charge is 0.616 e. The zero-order chi connectivity index (χ0) is 11.7. The average Bonchev–Trinajstić information content (AvgIpc) is 2.22. The van der Waals surface area contributed by atoms with Gasteiger partial charge in [0, 0.05) is 0 Å². The van der Waals surface area contributed by atoms with Crippen LogP contribution in [0.3, 0.4) is 0 Å². The van der Waals surface area contributed by atoms with Crippen molar-refractivity contribution < 1.29 is 18.0 Å². The maximum Gasteiger partial charge on any atom is 0.332 e. The molecule has 90 valence electrons. The van der Waals surface area contributed by atoms with Gasteiger partial charge in [0.15, 0.2) is 5.60 Å². The van der Waals surface area contributed by atoms with Crippen molar-refractivity contribution >= 4 is 30.9 Å². The Bertz CT molecular complexity index is 213. The fraction of sp³-hybridized carbons (Fsp3) is 1.00. The predicted molar refractivity (Wildman–Crippen MR) is 65.1 cm³/mol. The van der Waals surface area contributed by atoms with E-state index in [2.05, 4.69) is 0 Å². The van der Waals surface area contributed by atoms with Crippen molar-refractivity contribution in [1.29, 1.82) is 0 Å². The summed E-state index contributed by atoms with van der Waals surface area (Å²) < 4.78 is 34.1. The molecule has 0 amide bonds. The second-order valence-corrected chi connectivity index (χ2v) is 10.6.